The monoisotopic (exact) mass is 525 g/mol. The number of para-hydroxylation sites is 1. The predicted octanol–water partition coefficient (Wildman–Crippen LogP) is 5.01. The van der Waals surface area contributed by atoms with Gasteiger partial charge in [0.05, 0.1) is 12.1 Å². The number of rotatable bonds is 8. The number of aromatic nitrogens is 3. The molecule has 0 unspecified atom stereocenters. The van der Waals surface area contributed by atoms with E-state index in [0.717, 1.165) is 24.8 Å². The lowest BCUT2D eigenvalue weighted by Crippen LogP contribution is -2.50. The Morgan fingerprint density at radius 3 is 2.51 bits per heavy atom. The van der Waals surface area contributed by atoms with Gasteiger partial charge < -0.3 is 10.1 Å². The van der Waals surface area contributed by atoms with Crippen LogP contribution < -0.4 is 15.0 Å². The second-order valence-corrected chi connectivity index (χ2v) is 10.9. The van der Waals surface area contributed by atoms with Crippen LogP contribution in [0.3, 0.4) is 0 Å². The number of aryl methyl sites for hydroxylation is 2. The fourth-order valence-corrected chi connectivity index (χ4v) is 5.15. The second-order valence-electron chi connectivity index (χ2n) is 10.9. The first kappa shape index (κ1) is 26.4. The first-order valence-corrected chi connectivity index (χ1v) is 13.5. The van der Waals surface area contributed by atoms with Crippen molar-refractivity contribution in [3.8, 4) is 5.75 Å². The Kier molecular flexibility index (Phi) is 7.37. The van der Waals surface area contributed by atoms with Gasteiger partial charge in [0.2, 0.25) is 11.8 Å². The van der Waals surface area contributed by atoms with Gasteiger partial charge in [-0.3, -0.25) is 14.5 Å². The zero-order valence-electron chi connectivity index (χ0n) is 23.0. The molecule has 1 atom stereocenters. The highest BCUT2D eigenvalue weighted by Gasteiger charge is 2.35. The van der Waals surface area contributed by atoms with Crippen LogP contribution in [0.1, 0.15) is 56.8 Å². The van der Waals surface area contributed by atoms with Crippen molar-refractivity contribution in [2.75, 3.05) is 11.5 Å². The number of benzene rings is 3. The van der Waals surface area contributed by atoms with Crippen molar-refractivity contribution in [3.05, 3.63) is 83.4 Å². The fraction of sp³-hybridized carbons (Fsp3) is 0.355. The maximum absolute atomic E-state index is 14.2. The van der Waals surface area contributed by atoms with Gasteiger partial charge in [0, 0.05) is 11.2 Å². The molecule has 0 aliphatic heterocycles. The van der Waals surface area contributed by atoms with Crippen LogP contribution in [0, 0.1) is 0 Å². The number of carbonyl (C=O) groups excluding carboxylic acids is 2. The molecule has 1 N–H and O–H groups in total. The van der Waals surface area contributed by atoms with E-state index in [4.69, 9.17) is 4.74 Å². The Labute approximate surface area is 229 Å². The summed E-state index contributed by atoms with van der Waals surface area (Å²) in [7, 11) is 0. The molecule has 5 rings (SSSR count). The van der Waals surface area contributed by atoms with E-state index in [9.17, 15) is 9.59 Å². The Bertz CT molecular complexity index is 1490. The molecule has 1 aliphatic carbocycles. The zero-order chi connectivity index (χ0) is 27.6. The molecule has 1 aromatic heterocycles. The normalized spacial score (nSPS) is 13.6. The van der Waals surface area contributed by atoms with Gasteiger partial charge in [0.15, 0.2) is 0 Å². The van der Waals surface area contributed by atoms with E-state index < -0.39 is 11.6 Å². The van der Waals surface area contributed by atoms with Crippen LogP contribution in [0.5, 0.6) is 5.75 Å². The fourth-order valence-electron chi connectivity index (χ4n) is 5.15. The summed E-state index contributed by atoms with van der Waals surface area (Å²) in [6.07, 6.45) is 3.08. The molecule has 0 spiro atoms. The third-order valence-electron chi connectivity index (χ3n) is 6.85. The molecule has 0 radical (unpaired) electrons. The average Bonchev–Trinajstić information content (AvgIpc) is 3.53. The summed E-state index contributed by atoms with van der Waals surface area (Å²) >= 11 is 0. The summed E-state index contributed by atoms with van der Waals surface area (Å²) in [6, 6.07) is 20.1. The lowest BCUT2D eigenvalue weighted by Gasteiger charge is -2.34. The minimum Gasteiger partial charge on any atom is -0.494 e. The maximum atomic E-state index is 14.2. The Hall–Kier alpha value is -4.20. The van der Waals surface area contributed by atoms with Gasteiger partial charge >= 0.3 is 0 Å². The smallest absolute Gasteiger partial charge is 0.249 e. The minimum absolute atomic E-state index is 0.0616. The first-order valence-electron chi connectivity index (χ1n) is 13.5. The van der Waals surface area contributed by atoms with Crippen LogP contribution in [0.2, 0.25) is 0 Å². The van der Waals surface area contributed by atoms with Crippen molar-refractivity contribution in [1.82, 2.24) is 20.3 Å². The lowest BCUT2D eigenvalue weighted by molar-refractivity contribution is -0.128. The van der Waals surface area contributed by atoms with Gasteiger partial charge in [-0.05, 0) is 100 Å². The van der Waals surface area contributed by atoms with Gasteiger partial charge in [-0.15, -0.1) is 5.10 Å². The summed E-state index contributed by atoms with van der Waals surface area (Å²) in [5, 5.41) is 11.6. The topological polar surface area (TPSA) is 89.4 Å². The second kappa shape index (κ2) is 10.9. The van der Waals surface area contributed by atoms with E-state index in [0.29, 0.717) is 29.1 Å². The van der Waals surface area contributed by atoms with E-state index in [2.05, 4.69) is 27.8 Å². The summed E-state index contributed by atoms with van der Waals surface area (Å²) in [5.74, 6) is 0.191. The van der Waals surface area contributed by atoms with Crippen molar-refractivity contribution in [2.45, 2.75) is 65.1 Å². The van der Waals surface area contributed by atoms with Crippen LogP contribution in [-0.2, 0) is 29.0 Å². The maximum Gasteiger partial charge on any atom is 0.249 e. The number of hydrogen-bond acceptors (Lipinski definition) is 5. The summed E-state index contributed by atoms with van der Waals surface area (Å²) < 4.78 is 7.23. The summed E-state index contributed by atoms with van der Waals surface area (Å²) in [5.41, 5.74) is 4.88. The van der Waals surface area contributed by atoms with E-state index >= 15 is 0 Å². The van der Waals surface area contributed by atoms with E-state index in [-0.39, 0.29) is 18.4 Å². The van der Waals surface area contributed by atoms with Crippen LogP contribution >= 0.6 is 0 Å². The van der Waals surface area contributed by atoms with Crippen LogP contribution in [0.15, 0.2) is 66.7 Å². The highest BCUT2D eigenvalue weighted by molar-refractivity contribution is 6.01. The molecule has 39 heavy (non-hydrogen) atoms. The van der Waals surface area contributed by atoms with Gasteiger partial charge in [0.1, 0.15) is 23.9 Å². The Morgan fingerprint density at radius 2 is 1.77 bits per heavy atom. The molecular formula is C31H35N5O3. The van der Waals surface area contributed by atoms with Crippen molar-refractivity contribution in [1.29, 1.82) is 0 Å². The zero-order valence-corrected chi connectivity index (χ0v) is 23.0. The molecule has 8 nitrogen and oxygen atoms in total. The summed E-state index contributed by atoms with van der Waals surface area (Å²) in [6.45, 7) is 8.21. The van der Waals surface area contributed by atoms with Crippen LogP contribution in [0.25, 0.3) is 11.0 Å². The van der Waals surface area contributed by atoms with Crippen molar-refractivity contribution in [3.63, 3.8) is 0 Å². The highest BCUT2D eigenvalue weighted by Crippen LogP contribution is 2.34. The van der Waals surface area contributed by atoms with Gasteiger partial charge in [0.25, 0.3) is 0 Å². The number of ether oxygens (including phenoxy) is 1. The molecule has 0 fully saturated rings. The standard InChI is InChI=1S/C31H35N5O3/c1-5-39-25-17-14-22(15-18-25)29(30(38)32-31(2,3)4)36(24-16-13-21-9-8-10-23(21)19-24)28(37)20-35-27-12-7-6-11-26(27)33-34-35/h6-7,11-19,29H,5,8-10,20H2,1-4H3,(H,32,38)/t29-/m0/s1. The highest BCUT2D eigenvalue weighted by atomic mass is 16.5. The summed E-state index contributed by atoms with van der Waals surface area (Å²) in [4.78, 5) is 29.8. The molecule has 0 bridgehead atoms. The van der Waals surface area contributed by atoms with E-state index in [1.54, 1.807) is 9.58 Å². The largest absolute Gasteiger partial charge is 0.494 e. The van der Waals surface area contributed by atoms with Gasteiger partial charge in [-0.2, -0.15) is 0 Å². The van der Waals surface area contributed by atoms with E-state index in [1.165, 1.54) is 11.1 Å². The quantitative estimate of drug-likeness (QED) is 0.349. The molecule has 202 valence electrons. The van der Waals surface area contributed by atoms with Gasteiger partial charge in [-0.1, -0.05) is 35.5 Å². The van der Waals surface area contributed by atoms with Crippen molar-refractivity contribution in [2.24, 2.45) is 0 Å². The van der Waals surface area contributed by atoms with Gasteiger partial charge in [-0.25, -0.2) is 4.68 Å². The molecule has 1 heterocycles. The number of fused-ring (bicyclic) bond motifs is 2. The molecule has 3 aromatic carbocycles. The Morgan fingerprint density at radius 1 is 1.03 bits per heavy atom. The SMILES string of the molecule is CCOc1ccc([C@@H](C(=O)NC(C)(C)C)N(C(=O)Cn2nnc3ccccc32)c2ccc3c(c2)CCC3)cc1. The number of carbonyl (C=O) groups is 2. The molecule has 0 saturated heterocycles. The number of nitrogens with zero attached hydrogens (tertiary/aromatic N) is 4. The molecule has 4 aromatic rings. The van der Waals surface area contributed by atoms with Crippen LogP contribution in [-0.4, -0.2) is 39.0 Å². The number of nitrogens with one attached hydrogen (secondary N) is 1. The van der Waals surface area contributed by atoms with E-state index in [1.807, 2.05) is 82.3 Å². The molecule has 0 saturated carbocycles. The lowest BCUT2D eigenvalue weighted by atomic mass is 9.99. The molecule has 8 heteroatoms. The molecule has 1 aliphatic rings. The number of hydrogen-bond donors (Lipinski definition) is 1. The van der Waals surface area contributed by atoms with Crippen molar-refractivity contribution < 1.29 is 14.3 Å². The molecule has 2 amide bonds. The predicted molar refractivity (Wildman–Crippen MR) is 152 cm³/mol. The third-order valence-corrected chi connectivity index (χ3v) is 6.85. The Balaban J connectivity index is 1.61. The van der Waals surface area contributed by atoms with Crippen molar-refractivity contribution >= 4 is 28.5 Å². The minimum atomic E-state index is -0.901. The van der Waals surface area contributed by atoms with Crippen LogP contribution in [0.4, 0.5) is 5.69 Å². The molecular weight excluding hydrogens is 490 g/mol. The first-order chi connectivity index (χ1) is 18.7. The average molecular weight is 526 g/mol. The third kappa shape index (κ3) is 5.79. The number of anilines is 1. The number of amides is 2.